The second kappa shape index (κ2) is 10.7. The van der Waals surface area contributed by atoms with Crippen molar-refractivity contribution in [3.8, 4) is 0 Å². The van der Waals surface area contributed by atoms with E-state index in [4.69, 9.17) is 14.2 Å². The number of fused-ring (bicyclic) bond motifs is 1. The lowest BCUT2D eigenvalue weighted by atomic mass is 9.95. The molecule has 170 valence electrons. The van der Waals surface area contributed by atoms with E-state index in [0.717, 1.165) is 25.7 Å². The molecule has 1 aliphatic rings. The molecule has 0 amide bonds. The molecule has 1 heterocycles. The minimum absolute atomic E-state index is 0.120. The standard InChI is InChI=1S/C23H31FN2O5/c1-4-31-23(28)18-12-26(16(13-29-2)14-30-3)21-11-20(19(24)10-17(21)22(18)27)25-15-8-6-5-7-9-15/h10-12,15-16,25H,4-9,13-14H2,1-3H3. The lowest BCUT2D eigenvalue weighted by molar-refractivity contribution is 0.0522. The lowest BCUT2D eigenvalue weighted by Crippen LogP contribution is -2.27. The zero-order chi connectivity index (χ0) is 22.4. The van der Waals surface area contributed by atoms with Crippen LogP contribution in [0.1, 0.15) is 55.4 Å². The largest absolute Gasteiger partial charge is 0.462 e. The van der Waals surface area contributed by atoms with Crippen molar-refractivity contribution in [3.63, 3.8) is 0 Å². The molecule has 2 aromatic rings. The molecule has 0 saturated heterocycles. The number of methoxy groups -OCH3 is 2. The number of carbonyl (C=O) groups is 1. The van der Waals surface area contributed by atoms with E-state index in [9.17, 15) is 14.0 Å². The van der Waals surface area contributed by atoms with Gasteiger partial charge in [0.25, 0.3) is 0 Å². The number of hydrogen-bond acceptors (Lipinski definition) is 6. The molecule has 1 fully saturated rings. The minimum Gasteiger partial charge on any atom is -0.462 e. The van der Waals surface area contributed by atoms with Gasteiger partial charge >= 0.3 is 5.97 Å². The fourth-order valence-electron chi connectivity index (χ4n) is 4.20. The van der Waals surface area contributed by atoms with Gasteiger partial charge in [-0.25, -0.2) is 9.18 Å². The average molecular weight is 435 g/mol. The Balaban J connectivity index is 2.17. The first-order chi connectivity index (χ1) is 15.0. The first-order valence-electron chi connectivity index (χ1n) is 10.8. The number of halogens is 1. The van der Waals surface area contributed by atoms with Gasteiger partial charge in [-0.1, -0.05) is 19.3 Å². The van der Waals surface area contributed by atoms with E-state index in [2.05, 4.69) is 5.32 Å². The number of benzene rings is 1. The number of ether oxygens (including phenoxy) is 3. The van der Waals surface area contributed by atoms with Crippen LogP contribution in [-0.2, 0) is 14.2 Å². The van der Waals surface area contributed by atoms with E-state index < -0.39 is 17.2 Å². The molecule has 0 atom stereocenters. The third kappa shape index (κ3) is 5.25. The highest BCUT2D eigenvalue weighted by Gasteiger charge is 2.23. The molecule has 1 saturated carbocycles. The van der Waals surface area contributed by atoms with Crippen LogP contribution < -0.4 is 10.7 Å². The van der Waals surface area contributed by atoms with Crippen LogP contribution in [0.5, 0.6) is 0 Å². The smallest absolute Gasteiger partial charge is 0.343 e. The SMILES string of the molecule is CCOC(=O)c1cn(C(COC)COC)c2cc(NC3CCCCC3)c(F)cc2c1=O. The summed E-state index contributed by atoms with van der Waals surface area (Å²) < 4.78 is 32.4. The molecule has 7 nitrogen and oxygen atoms in total. The van der Waals surface area contributed by atoms with Crippen molar-refractivity contribution in [3.05, 3.63) is 39.9 Å². The third-order valence-corrected chi connectivity index (χ3v) is 5.69. The highest BCUT2D eigenvalue weighted by atomic mass is 19.1. The zero-order valence-electron chi connectivity index (χ0n) is 18.4. The van der Waals surface area contributed by atoms with Crippen molar-refractivity contribution >= 4 is 22.6 Å². The van der Waals surface area contributed by atoms with Gasteiger partial charge in [0.05, 0.1) is 37.1 Å². The highest BCUT2D eigenvalue weighted by molar-refractivity contribution is 5.94. The fraction of sp³-hybridized carbons (Fsp3) is 0.565. The normalized spacial score (nSPS) is 14.9. The zero-order valence-corrected chi connectivity index (χ0v) is 18.4. The van der Waals surface area contributed by atoms with Gasteiger partial charge in [-0.2, -0.15) is 0 Å². The molecule has 0 unspecified atom stereocenters. The predicted octanol–water partition coefficient (Wildman–Crippen LogP) is 3.90. The van der Waals surface area contributed by atoms with Gasteiger partial charge in [-0.15, -0.1) is 0 Å². The Bertz CT molecular complexity index is 963. The Morgan fingerprint density at radius 1 is 1.19 bits per heavy atom. The van der Waals surface area contributed by atoms with Crippen molar-refractivity contribution in [2.24, 2.45) is 0 Å². The molecule has 0 spiro atoms. The number of nitrogens with one attached hydrogen (secondary N) is 1. The summed E-state index contributed by atoms with van der Waals surface area (Å²) >= 11 is 0. The highest BCUT2D eigenvalue weighted by Crippen LogP contribution is 2.28. The monoisotopic (exact) mass is 434 g/mol. The number of carbonyl (C=O) groups excluding carboxylic acids is 1. The first-order valence-corrected chi connectivity index (χ1v) is 10.8. The summed E-state index contributed by atoms with van der Waals surface area (Å²) in [5, 5.41) is 3.42. The van der Waals surface area contributed by atoms with Gasteiger partial charge in [0.15, 0.2) is 0 Å². The van der Waals surface area contributed by atoms with Gasteiger partial charge in [-0.05, 0) is 31.9 Å². The molecule has 0 radical (unpaired) electrons. The maximum absolute atomic E-state index is 15.0. The van der Waals surface area contributed by atoms with Gasteiger partial charge in [-0.3, -0.25) is 4.79 Å². The number of anilines is 1. The van der Waals surface area contributed by atoms with Crippen molar-refractivity contribution in [1.82, 2.24) is 4.57 Å². The Labute approximate surface area is 181 Å². The molecule has 1 N–H and O–H groups in total. The molecule has 1 aromatic heterocycles. The molecule has 0 bridgehead atoms. The van der Waals surface area contributed by atoms with Crippen LogP contribution in [0.2, 0.25) is 0 Å². The Hall–Kier alpha value is -2.45. The van der Waals surface area contributed by atoms with Crippen LogP contribution in [0.25, 0.3) is 10.9 Å². The van der Waals surface area contributed by atoms with Crippen LogP contribution >= 0.6 is 0 Å². The number of aromatic nitrogens is 1. The second-order valence-electron chi connectivity index (χ2n) is 7.89. The number of pyridine rings is 1. The molecule has 31 heavy (non-hydrogen) atoms. The van der Waals surface area contributed by atoms with E-state index in [0.29, 0.717) is 11.2 Å². The number of nitrogens with zero attached hydrogens (tertiary/aromatic N) is 1. The first kappa shape index (κ1) is 23.2. The maximum atomic E-state index is 15.0. The third-order valence-electron chi connectivity index (χ3n) is 5.69. The Morgan fingerprint density at radius 2 is 1.87 bits per heavy atom. The van der Waals surface area contributed by atoms with Crippen molar-refractivity contribution in [2.75, 3.05) is 39.4 Å². The minimum atomic E-state index is -0.735. The summed E-state index contributed by atoms with van der Waals surface area (Å²) in [4.78, 5) is 25.4. The average Bonchev–Trinajstić information content (AvgIpc) is 2.76. The quantitative estimate of drug-likeness (QED) is 0.603. The molecule has 0 aliphatic heterocycles. The molecule has 1 aliphatic carbocycles. The van der Waals surface area contributed by atoms with Crippen LogP contribution in [0.15, 0.2) is 23.1 Å². The summed E-state index contributed by atoms with van der Waals surface area (Å²) in [5.74, 6) is -1.25. The van der Waals surface area contributed by atoms with E-state index in [1.54, 1.807) is 31.8 Å². The Kier molecular flexibility index (Phi) is 8.03. The molecular weight excluding hydrogens is 403 g/mol. The van der Waals surface area contributed by atoms with E-state index in [1.807, 2.05) is 0 Å². The van der Waals surface area contributed by atoms with Gasteiger partial charge in [0.2, 0.25) is 5.43 Å². The van der Waals surface area contributed by atoms with Crippen LogP contribution in [0.3, 0.4) is 0 Å². The maximum Gasteiger partial charge on any atom is 0.343 e. The molecule has 8 heteroatoms. The number of hydrogen-bond donors (Lipinski definition) is 1. The van der Waals surface area contributed by atoms with Gasteiger partial charge < -0.3 is 24.1 Å². The summed E-state index contributed by atoms with van der Waals surface area (Å²) in [7, 11) is 3.13. The second-order valence-corrected chi connectivity index (χ2v) is 7.89. The summed E-state index contributed by atoms with van der Waals surface area (Å²) in [6.45, 7) is 2.38. The summed E-state index contributed by atoms with van der Waals surface area (Å²) in [6, 6.07) is 2.74. The summed E-state index contributed by atoms with van der Waals surface area (Å²) in [6.07, 6.45) is 6.87. The van der Waals surface area contributed by atoms with Crippen molar-refractivity contribution in [2.45, 2.75) is 51.1 Å². The molecule has 3 rings (SSSR count). The van der Waals surface area contributed by atoms with E-state index in [-0.39, 0.29) is 42.9 Å². The van der Waals surface area contributed by atoms with Gasteiger partial charge in [0, 0.05) is 31.8 Å². The Morgan fingerprint density at radius 3 is 2.48 bits per heavy atom. The molecular formula is C23H31FN2O5. The van der Waals surface area contributed by atoms with E-state index >= 15 is 0 Å². The topological polar surface area (TPSA) is 78.8 Å². The number of esters is 1. The number of rotatable bonds is 9. The van der Waals surface area contributed by atoms with Crippen LogP contribution in [0, 0.1) is 5.82 Å². The van der Waals surface area contributed by atoms with Gasteiger partial charge in [0.1, 0.15) is 11.4 Å². The van der Waals surface area contributed by atoms with Crippen LogP contribution in [-0.4, -0.2) is 50.6 Å². The van der Waals surface area contributed by atoms with Crippen molar-refractivity contribution < 1.29 is 23.4 Å². The van der Waals surface area contributed by atoms with Crippen LogP contribution in [0.4, 0.5) is 10.1 Å². The van der Waals surface area contributed by atoms with Crippen molar-refractivity contribution in [1.29, 1.82) is 0 Å². The molecule has 1 aromatic carbocycles. The lowest BCUT2D eigenvalue weighted by Gasteiger charge is -2.26. The van der Waals surface area contributed by atoms with E-state index in [1.165, 1.54) is 18.7 Å². The predicted molar refractivity (Wildman–Crippen MR) is 117 cm³/mol. The fourth-order valence-corrected chi connectivity index (χ4v) is 4.20. The summed E-state index contributed by atoms with van der Waals surface area (Å²) in [5.41, 5.74) is 0.169.